The topological polar surface area (TPSA) is 110 Å². The van der Waals surface area contributed by atoms with Gasteiger partial charge in [-0.2, -0.15) is 0 Å². The van der Waals surface area contributed by atoms with Gasteiger partial charge >= 0.3 is 0 Å². The molecule has 3 N–H and O–H groups in total. The summed E-state index contributed by atoms with van der Waals surface area (Å²) in [5, 5.41) is 0. The van der Waals surface area contributed by atoms with Crippen LogP contribution < -0.4 is 10.5 Å². The van der Waals surface area contributed by atoms with E-state index in [0.29, 0.717) is 5.56 Å². The first-order valence-electron chi connectivity index (χ1n) is 6.95. The first-order chi connectivity index (χ1) is 11.2. The Kier molecular flexibility index (Phi) is 4.89. The lowest BCUT2D eigenvalue weighted by atomic mass is 10.2. The average molecular weight is 347 g/mol. The average Bonchev–Trinajstić information content (AvgIpc) is 2.54. The van der Waals surface area contributed by atoms with Gasteiger partial charge in [0.1, 0.15) is 0 Å². The Hall–Kier alpha value is -2.87. The lowest BCUT2D eigenvalue weighted by Crippen LogP contribution is -2.22. The van der Waals surface area contributed by atoms with E-state index in [0.717, 1.165) is 0 Å². The molecule has 0 aliphatic heterocycles. The molecule has 0 fully saturated rings. The molecule has 7 nitrogen and oxygen atoms in total. The highest BCUT2D eigenvalue weighted by atomic mass is 32.2. The van der Waals surface area contributed by atoms with Crippen molar-refractivity contribution in [2.45, 2.75) is 4.90 Å². The zero-order chi connectivity index (χ0) is 17.9. The van der Waals surface area contributed by atoms with Gasteiger partial charge in [-0.3, -0.25) is 14.3 Å². The van der Waals surface area contributed by atoms with E-state index in [2.05, 4.69) is 4.72 Å². The molecule has 0 spiro atoms. The van der Waals surface area contributed by atoms with Crippen LogP contribution in [0, 0.1) is 0 Å². The van der Waals surface area contributed by atoms with E-state index < -0.39 is 15.9 Å². The van der Waals surface area contributed by atoms with Crippen molar-refractivity contribution >= 4 is 27.5 Å². The summed E-state index contributed by atoms with van der Waals surface area (Å²) in [6.45, 7) is 0. The number of benzene rings is 2. The first-order valence-corrected chi connectivity index (χ1v) is 8.43. The number of hydrogen-bond acceptors (Lipinski definition) is 4. The summed E-state index contributed by atoms with van der Waals surface area (Å²) < 4.78 is 27.2. The third-order valence-electron chi connectivity index (χ3n) is 3.22. The minimum Gasteiger partial charge on any atom is -0.366 e. The maximum Gasteiger partial charge on any atom is 0.261 e. The summed E-state index contributed by atoms with van der Waals surface area (Å²) in [6.07, 6.45) is 0. The number of carbonyl (C=O) groups excluding carboxylic acids is 2. The van der Waals surface area contributed by atoms with Crippen molar-refractivity contribution < 1.29 is 18.0 Å². The van der Waals surface area contributed by atoms with Crippen LogP contribution in [0.3, 0.4) is 0 Å². The number of hydrogen-bond donors (Lipinski definition) is 2. The molecule has 2 aromatic carbocycles. The van der Waals surface area contributed by atoms with Crippen LogP contribution in [-0.2, 0) is 10.0 Å². The summed E-state index contributed by atoms with van der Waals surface area (Å²) in [6, 6.07) is 11.4. The van der Waals surface area contributed by atoms with Crippen LogP contribution in [-0.4, -0.2) is 39.2 Å². The second-order valence-electron chi connectivity index (χ2n) is 5.27. The van der Waals surface area contributed by atoms with Gasteiger partial charge in [-0.1, -0.05) is 6.07 Å². The number of primary amides is 1. The second kappa shape index (κ2) is 6.71. The quantitative estimate of drug-likeness (QED) is 0.849. The molecule has 2 amide bonds. The molecule has 0 saturated carbocycles. The minimum absolute atomic E-state index is 0.0168. The molecule has 0 aliphatic rings. The maximum absolute atomic E-state index is 12.4. The number of anilines is 1. The fourth-order valence-electron chi connectivity index (χ4n) is 1.99. The SMILES string of the molecule is CN(C)C(=O)c1cccc(NS(=O)(=O)c2ccc(C(N)=O)cc2)c1. The molecule has 0 heterocycles. The van der Waals surface area contributed by atoms with Gasteiger partial charge in [0.25, 0.3) is 15.9 Å². The van der Waals surface area contributed by atoms with Crippen LogP contribution in [0.2, 0.25) is 0 Å². The van der Waals surface area contributed by atoms with Crippen LogP contribution in [0.5, 0.6) is 0 Å². The van der Waals surface area contributed by atoms with Gasteiger partial charge < -0.3 is 10.6 Å². The monoisotopic (exact) mass is 347 g/mol. The molecular formula is C16H17N3O4S. The number of nitrogens with two attached hydrogens (primary N) is 1. The lowest BCUT2D eigenvalue weighted by molar-refractivity contribution is 0.0827. The predicted octanol–water partition coefficient (Wildman–Crippen LogP) is 1.29. The molecular weight excluding hydrogens is 330 g/mol. The van der Waals surface area contributed by atoms with Gasteiger partial charge in [0, 0.05) is 30.9 Å². The zero-order valence-corrected chi connectivity index (χ0v) is 14.0. The Morgan fingerprint density at radius 2 is 1.62 bits per heavy atom. The highest BCUT2D eigenvalue weighted by Crippen LogP contribution is 2.18. The molecule has 0 unspecified atom stereocenters. The van der Waals surface area contributed by atoms with Crippen LogP contribution >= 0.6 is 0 Å². The molecule has 0 aliphatic carbocycles. The molecule has 0 radical (unpaired) electrons. The molecule has 8 heteroatoms. The van der Waals surface area contributed by atoms with Gasteiger partial charge in [-0.25, -0.2) is 8.42 Å². The highest BCUT2D eigenvalue weighted by Gasteiger charge is 2.16. The van der Waals surface area contributed by atoms with E-state index in [1.165, 1.54) is 35.2 Å². The van der Waals surface area contributed by atoms with Crippen LogP contribution in [0.4, 0.5) is 5.69 Å². The summed E-state index contributed by atoms with van der Waals surface area (Å²) in [5.41, 5.74) is 5.97. The fraction of sp³-hybridized carbons (Fsp3) is 0.125. The Morgan fingerprint density at radius 1 is 1.00 bits per heavy atom. The van der Waals surface area contributed by atoms with Crippen molar-refractivity contribution in [1.29, 1.82) is 0 Å². The van der Waals surface area contributed by atoms with E-state index in [1.807, 2.05) is 0 Å². The Bertz CT molecular complexity index is 874. The molecule has 126 valence electrons. The number of carbonyl (C=O) groups is 2. The van der Waals surface area contributed by atoms with Crippen LogP contribution in [0.1, 0.15) is 20.7 Å². The number of nitrogens with zero attached hydrogens (tertiary/aromatic N) is 1. The van der Waals surface area contributed by atoms with E-state index in [4.69, 9.17) is 5.73 Å². The summed E-state index contributed by atoms with van der Waals surface area (Å²) in [5.74, 6) is -0.872. The lowest BCUT2D eigenvalue weighted by Gasteiger charge is -2.12. The highest BCUT2D eigenvalue weighted by molar-refractivity contribution is 7.92. The second-order valence-corrected chi connectivity index (χ2v) is 6.96. The third kappa shape index (κ3) is 3.90. The van der Waals surface area contributed by atoms with Crippen molar-refractivity contribution in [3.05, 3.63) is 59.7 Å². The normalized spacial score (nSPS) is 10.9. The van der Waals surface area contributed by atoms with Crippen molar-refractivity contribution in [3.63, 3.8) is 0 Å². The number of sulfonamides is 1. The smallest absolute Gasteiger partial charge is 0.261 e. The van der Waals surface area contributed by atoms with Crippen molar-refractivity contribution in [2.24, 2.45) is 5.73 Å². The van der Waals surface area contributed by atoms with Gasteiger partial charge in [-0.15, -0.1) is 0 Å². The van der Waals surface area contributed by atoms with E-state index in [1.54, 1.807) is 32.3 Å². The van der Waals surface area contributed by atoms with E-state index >= 15 is 0 Å². The van der Waals surface area contributed by atoms with Crippen molar-refractivity contribution in [1.82, 2.24) is 4.90 Å². The van der Waals surface area contributed by atoms with Gasteiger partial charge in [0.15, 0.2) is 0 Å². The Labute approximate surface area is 140 Å². The minimum atomic E-state index is -3.85. The Balaban J connectivity index is 2.27. The Morgan fingerprint density at radius 3 is 2.17 bits per heavy atom. The van der Waals surface area contributed by atoms with Gasteiger partial charge in [0.2, 0.25) is 5.91 Å². The zero-order valence-electron chi connectivity index (χ0n) is 13.2. The standard InChI is InChI=1S/C16H17N3O4S/c1-19(2)16(21)12-4-3-5-13(10-12)18-24(22,23)14-8-6-11(7-9-14)15(17)20/h3-10,18H,1-2H3,(H2,17,20). The van der Waals surface area contributed by atoms with Crippen molar-refractivity contribution in [2.75, 3.05) is 18.8 Å². The molecule has 0 aromatic heterocycles. The van der Waals surface area contributed by atoms with Crippen molar-refractivity contribution in [3.8, 4) is 0 Å². The number of rotatable bonds is 5. The summed E-state index contributed by atoms with van der Waals surface area (Å²) in [4.78, 5) is 24.4. The van der Waals surface area contributed by atoms with Crippen LogP contribution in [0.25, 0.3) is 0 Å². The fourth-order valence-corrected chi connectivity index (χ4v) is 3.04. The predicted molar refractivity (Wildman–Crippen MR) is 90.2 cm³/mol. The van der Waals surface area contributed by atoms with E-state index in [9.17, 15) is 18.0 Å². The number of amides is 2. The third-order valence-corrected chi connectivity index (χ3v) is 4.61. The summed E-state index contributed by atoms with van der Waals surface area (Å²) >= 11 is 0. The molecule has 24 heavy (non-hydrogen) atoms. The molecule has 2 aromatic rings. The van der Waals surface area contributed by atoms with E-state index in [-0.39, 0.29) is 22.1 Å². The summed E-state index contributed by atoms with van der Waals surface area (Å²) in [7, 11) is -0.624. The van der Waals surface area contributed by atoms with Gasteiger partial charge in [0.05, 0.1) is 4.90 Å². The van der Waals surface area contributed by atoms with Gasteiger partial charge in [-0.05, 0) is 42.5 Å². The largest absolute Gasteiger partial charge is 0.366 e. The van der Waals surface area contributed by atoms with Crippen LogP contribution in [0.15, 0.2) is 53.4 Å². The number of nitrogens with one attached hydrogen (secondary N) is 1. The molecule has 0 saturated heterocycles. The molecule has 0 atom stereocenters. The molecule has 2 rings (SSSR count). The molecule has 0 bridgehead atoms. The first kappa shape index (κ1) is 17.5. The maximum atomic E-state index is 12.4.